The van der Waals surface area contributed by atoms with Gasteiger partial charge in [-0.05, 0) is 33.2 Å². The molecule has 0 aromatic carbocycles. The molecule has 0 radical (unpaired) electrons. The summed E-state index contributed by atoms with van der Waals surface area (Å²) in [5.41, 5.74) is 0.908. The quantitative estimate of drug-likeness (QED) is 0.764. The molecule has 0 spiro atoms. The molecule has 1 aromatic heterocycles. The van der Waals surface area contributed by atoms with Crippen molar-refractivity contribution in [3.8, 4) is 0 Å². The van der Waals surface area contributed by atoms with Crippen molar-refractivity contribution >= 4 is 0 Å². The van der Waals surface area contributed by atoms with Gasteiger partial charge in [-0.25, -0.2) is 0 Å². The first kappa shape index (κ1) is 15.1. The highest BCUT2D eigenvalue weighted by Crippen LogP contribution is 2.17. The molecule has 5 heteroatoms. The molecule has 0 aliphatic rings. The van der Waals surface area contributed by atoms with Gasteiger partial charge in [-0.2, -0.15) is 0 Å². The molecule has 18 heavy (non-hydrogen) atoms. The fourth-order valence-electron chi connectivity index (χ4n) is 1.98. The van der Waals surface area contributed by atoms with Gasteiger partial charge in [-0.15, -0.1) is 5.10 Å². The minimum atomic E-state index is -0.117. The third kappa shape index (κ3) is 5.14. The predicted octanol–water partition coefficient (Wildman–Crippen LogP) is 1.54. The number of nitrogens with zero attached hydrogens (tertiary/aromatic N) is 3. The molecule has 1 rings (SSSR count). The lowest BCUT2D eigenvalue weighted by molar-refractivity contribution is 0.00707. The normalized spacial score (nSPS) is 13.8. The molecule has 0 bridgehead atoms. The lowest BCUT2D eigenvalue weighted by atomic mass is 9.95. The van der Waals surface area contributed by atoms with Crippen molar-refractivity contribution in [3.63, 3.8) is 0 Å². The number of rotatable bonds is 8. The van der Waals surface area contributed by atoms with E-state index in [0.717, 1.165) is 31.5 Å². The Morgan fingerprint density at radius 3 is 2.72 bits per heavy atom. The van der Waals surface area contributed by atoms with Crippen LogP contribution in [0.25, 0.3) is 0 Å². The summed E-state index contributed by atoms with van der Waals surface area (Å²) < 4.78 is 7.25. The first-order valence-corrected chi connectivity index (χ1v) is 6.60. The Morgan fingerprint density at radius 2 is 2.22 bits per heavy atom. The van der Waals surface area contributed by atoms with Gasteiger partial charge in [0.05, 0.1) is 11.3 Å². The molecule has 104 valence electrons. The molecular weight excluding hydrogens is 228 g/mol. The molecule has 0 fully saturated rings. The van der Waals surface area contributed by atoms with Crippen LogP contribution >= 0.6 is 0 Å². The van der Waals surface area contributed by atoms with Crippen molar-refractivity contribution in [3.05, 3.63) is 11.9 Å². The molecule has 1 N–H and O–H groups in total. The fourth-order valence-corrected chi connectivity index (χ4v) is 1.98. The van der Waals surface area contributed by atoms with Crippen LogP contribution in [0.1, 0.15) is 39.3 Å². The molecule has 0 saturated carbocycles. The van der Waals surface area contributed by atoms with Crippen LogP contribution in [-0.2, 0) is 18.2 Å². The maximum absolute atomic E-state index is 5.51. The number of aryl methyl sites for hydroxylation is 1. The Balaban J connectivity index is 2.60. The lowest BCUT2D eigenvalue weighted by Crippen LogP contribution is -2.39. The van der Waals surface area contributed by atoms with Gasteiger partial charge in [0.25, 0.3) is 0 Å². The topological polar surface area (TPSA) is 52.0 Å². The summed E-state index contributed by atoms with van der Waals surface area (Å²) in [6.45, 7) is 7.42. The number of nitrogens with one attached hydrogen (secondary N) is 1. The Labute approximate surface area is 110 Å². The minimum absolute atomic E-state index is 0.117. The highest BCUT2D eigenvalue weighted by molar-refractivity contribution is 4.97. The zero-order chi connectivity index (χ0) is 13.6. The van der Waals surface area contributed by atoms with Gasteiger partial charge < -0.3 is 10.1 Å². The van der Waals surface area contributed by atoms with Crippen molar-refractivity contribution in [1.29, 1.82) is 0 Å². The first-order chi connectivity index (χ1) is 8.46. The molecule has 0 saturated heterocycles. The number of aromatic nitrogens is 3. The van der Waals surface area contributed by atoms with E-state index < -0.39 is 0 Å². The number of hydrogen-bond donors (Lipinski definition) is 1. The first-order valence-electron chi connectivity index (χ1n) is 6.60. The SMILES string of the molecule is CCCNC(Cc1cn(C)nn1)CC(C)(C)OC. The van der Waals surface area contributed by atoms with E-state index in [2.05, 4.69) is 36.4 Å². The zero-order valence-corrected chi connectivity index (χ0v) is 12.2. The van der Waals surface area contributed by atoms with Crippen LogP contribution in [0.3, 0.4) is 0 Å². The Bertz CT molecular complexity index is 349. The van der Waals surface area contributed by atoms with Crippen LogP contribution in [0.4, 0.5) is 0 Å². The van der Waals surface area contributed by atoms with E-state index in [-0.39, 0.29) is 5.60 Å². The van der Waals surface area contributed by atoms with Crippen LogP contribution in [0.2, 0.25) is 0 Å². The largest absolute Gasteiger partial charge is 0.379 e. The molecule has 0 aliphatic heterocycles. The Hall–Kier alpha value is -0.940. The third-order valence-corrected chi connectivity index (χ3v) is 3.08. The van der Waals surface area contributed by atoms with Gasteiger partial charge in [0, 0.05) is 32.8 Å². The Kier molecular flexibility index (Phi) is 5.75. The molecule has 0 aliphatic carbocycles. The zero-order valence-electron chi connectivity index (χ0n) is 12.2. The van der Waals surface area contributed by atoms with Crippen molar-refractivity contribution in [2.24, 2.45) is 7.05 Å². The summed E-state index contributed by atoms with van der Waals surface area (Å²) in [5.74, 6) is 0. The standard InChI is InChI=1S/C13H26N4O/c1-6-7-14-11(9-13(2,3)18-5)8-12-10-17(4)16-15-12/h10-11,14H,6-9H2,1-5H3. The summed E-state index contributed by atoms with van der Waals surface area (Å²) in [4.78, 5) is 0. The summed E-state index contributed by atoms with van der Waals surface area (Å²) in [6, 6.07) is 0.372. The van der Waals surface area contributed by atoms with Crippen LogP contribution < -0.4 is 5.32 Å². The van der Waals surface area contributed by atoms with Crippen LogP contribution in [0.5, 0.6) is 0 Å². The molecule has 5 nitrogen and oxygen atoms in total. The lowest BCUT2D eigenvalue weighted by Gasteiger charge is -2.28. The molecule has 1 unspecified atom stereocenters. The summed E-state index contributed by atoms with van der Waals surface area (Å²) in [7, 11) is 3.66. The highest BCUT2D eigenvalue weighted by atomic mass is 16.5. The van der Waals surface area contributed by atoms with Gasteiger partial charge in [-0.3, -0.25) is 4.68 Å². The average Bonchev–Trinajstić information content (AvgIpc) is 2.71. The van der Waals surface area contributed by atoms with Gasteiger partial charge in [-0.1, -0.05) is 12.1 Å². The smallest absolute Gasteiger partial charge is 0.0842 e. The third-order valence-electron chi connectivity index (χ3n) is 3.08. The van der Waals surface area contributed by atoms with Crippen LogP contribution in [-0.4, -0.2) is 40.3 Å². The second kappa shape index (κ2) is 6.85. The van der Waals surface area contributed by atoms with E-state index in [1.165, 1.54) is 0 Å². The van der Waals surface area contributed by atoms with E-state index in [1.54, 1.807) is 11.8 Å². The predicted molar refractivity (Wildman–Crippen MR) is 72.5 cm³/mol. The van der Waals surface area contributed by atoms with Gasteiger partial charge in [0.2, 0.25) is 0 Å². The molecular formula is C13H26N4O. The second-order valence-corrected chi connectivity index (χ2v) is 5.41. The van der Waals surface area contributed by atoms with E-state index in [4.69, 9.17) is 4.74 Å². The maximum atomic E-state index is 5.51. The molecule has 0 amide bonds. The maximum Gasteiger partial charge on any atom is 0.0842 e. The Morgan fingerprint density at radius 1 is 1.50 bits per heavy atom. The van der Waals surface area contributed by atoms with Gasteiger partial charge >= 0.3 is 0 Å². The molecule has 1 aromatic rings. The monoisotopic (exact) mass is 254 g/mol. The number of methoxy groups -OCH3 is 1. The van der Waals surface area contributed by atoms with Crippen molar-refractivity contribution in [1.82, 2.24) is 20.3 Å². The minimum Gasteiger partial charge on any atom is -0.379 e. The number of ether oxygens (including phenoxy) is 1. The van der Waals surface area contributed by atoms with Crippen molar-refractivity contribution < 1.29 is 4.74 Å². The molecule has 1 heterocycles. The van der Waals surface area contributed by atoms with Crippen molar-refractivity contribution in [2.75, 3.05) is 13.7 Å². The highest BCUT2D eigenvalue weighted by Gasteiger charge is 2.23. The summed E-state index contributed by atoms with van der Waals surface area (Å²) in [5, 5.41) is 11.7. The second-order valence-electron chi connectivity index (χ2n) is 5.41. The molecule has 1 atom stereocenters. The van der Waals surface area contributed by atoms with Crippen molar-refractivity contribution in [2.45, 2.75) is 51.7 Å². The van der Waals surface area contributed by atoms with E-state index in [1.807, 2.05) is 13.2 Å². The van der Waals surface area contributed by atoms with E-state index in [9.17, 15) is 0 Å². The fraction of sp³-hybridized carbons (Fsp3) is 0.846. The van der Waals surface area contributed by atoms with Crippen LogP contribution in [0, 0.1) is 0 Å². The van der Waals surface area contributed by atoms with Crippen LogP contribution in [0.15, 0.2) is 6.20 Å². The van der Waals surface area contributed by atoms with E-state index >= 15 is 0 Å². The number of hydrogen-bond acceptors (Lipinski definition) is 4. The van der Waals surface area contributed by atoms with Gasteiger partial charge in [0.15, 0.2) is 0 Å². The summed E-state index contributed by atoms with van der Waals surface area (Å²) in [6.07, 6.45) is 4.95. The summed E-state index contributed by atoms with van der Waals surface area (Å²) >= 11 is 0. The van der Waals surface area contributed by atoms with Gasteiger partial charge in [0.1, 0.15) is 0 Å². The average molecular weight is 254 g/mol. The van der Waals surface area contributed by atoms with E-state index in [0.29, 0.717) is 6.04 Å².